The van der Waals surface area contributed by atoms with Gasteiger partial charge in [-0.1, -0.05) is 6.07 Å². The molecule has 0 bridgehead atoms. The largest absolute Gasteiger partial charge is 0.507 e. The Morgan fingerprint density at radius 2 is 2.25 bits per heavy atom. The average Bonchev–Trinajstić information content (AvgIpc) is 2.06. The second kappa shape index (κ2) is 3.22. The van der Waals surface area contributed by atoms with Crippen molar-refractivity contribution in [3.05, 3.63) is 29.1 Å². The van der Waals surface area contributed by atoms with Gasteiger partial charge in [0.05, 0.1) is 12.5 Å². The summed E-state index contributed by atoms with van der Waals surface area (Å²) in [6.45, 7) is 1.66. The molecule has 1 aromatic rings. The van der Waals surface area contributed by atoms with Crippen LogP contribution in [0.3, 0.4) is 0 Å². The number of nitriles is 1. The van der Waals surface area contributed by atoms with Gasteiger partial charge in [0.25, 0.3) is 0 Å². The monoisotopic (exact) mass is 165 g/mol. The molecule has 1 rings (SSSR count). The van der Waals surface area contributed by atoms with Crippen molar-refractivity contribution >= 4 is 0 Å². The molecule has 0 atom stereocenters. The van der Waals surface area contributed by atoms with Crippen molar-refractivity contribution < 1.29 is 9.50 Å². The minimum atomic E-state index is -0.528. The Morgan fingerprint density at radius 3 is 2.83 bits per heavy atom. The third kappa shape index (κ3) is 1.37. The summed E-state index contributed by atoms with van der Waals surface area (Å²) < 4.78 is 12.9. The van der Waals surface area contributed by atoms with Crippen LogP contribution in [0.15, 0.2) is 12.1 Å². The van der Waals surface area contributed by atoms with Gasteiger partial charge in [0.2, 0.25) is 0 Å². The third-order valence-corrected chi connectivity index (χ3v) is 1.68. The number of phenolic OH excluding ortho intramolecular Hbond substituents is 1. The van der Waals surface area contributed by atoms with Gasteiger partial charge in [-0.25, -0.2) is 4.39 Å². The van der Waals surface area contributed by atoms with Crippen LogP contribution in [0, 0.1) is 24.1 Å². The lowest BCUT2D eigenvalue weighted by Crippen LogP contribution is -1.91. The molecule has 0 aliphatic rings. The zero-order valence-corrected chi connectivity index (χ0v) is 6.63. The van der Waals surface area contributed by atoms with E-state index in [0.29, 0.717) is 5.56 Å². The van der Waals surface area contributed by atoms with Gasteiger partial charge in [-0.05, 0) is 18.6 Å². The first kappa shape index (κ1) is 8.54. The molecule has 0 amide bonds. The number of rotatable bonds is 1. The fourth-order valence-corrected chi connectivity index (χ4v) is 0.976. The van der Waals surface area contributed by atoms with Crippen molar-refractivity contribution in [1.82, 2.24) is 0 Å². The summed E-state index contributed by atoms with van der Waals surface area (Å²) >= 11 is 0. The highest BCUT2D eigenvalue weighted by Gasteiger charge is 2.09. The van der Waals surface area contributed by atoms with Crippen molar-refractivity contribution in [2.75, 3.05) is 0 Å². The van der Waals surface area contributed by atoms with Crippen LogP contribution >= 0.6 is 0 Å². The van der Waals surface area contributed by atoms with E-state index in [1.807, 2.05) is 0 Å². The number of halogens is 1. The van der Waals surface area contributed by atoms with Gasteiger partial charge in [-0.3, -0.25) is 0 Å². The lowest BCUT2D eigenvalue weighted by atomic mass is 10.1. The van der Waals surface area contributed by atoms with Crippen LogP contribution in [0.1, 0.15) is 11.1 Å². The van der Waals surface area contributed by atoms with Gasteiger partial charge >= 0.3 is 0 Å². The molecule has 0 radical (unpaired) electrons. The van der Waals surface area contributed by atoms with Gasteiger partial charge in [0.15, 0.2) is 0 Å². The molecule has 1 N–H and O–H groups in total. The first-order valence-corrected chi connectivity index (χ1v) is 3.50. The molecule has 0 fully saturated rings. The molecule has 0 heterocycles. The number of phenols is 1. The van der Waals surface area contributed by atoms with Crippen LogP contribution in [-0.4, -0.2) is 5.11 Å². The molecule has 0 aromatic heterocycles. The molecule has 0 saturated carbocycles. The Bertz CT molecular complexity index is 341. The van der Waals surface area contributed by atoms with Crippen molar-refractivity contribution in [3.8, 4) is 11.8 Å². The topological polar surface area (TPSA) is 44.0 Å². The second-order valence-electron chi connectivity index (χ2n) is 2.53. The lowest BCUT2D eigenvalue weighted by molar-refractivity contribution is 0.457. The molecule has 2 nitrogen and oxygen atoms in total. The molecular formula is C9H8FNO. The maximum atomic E-state index is 12.9. The molecule has 0 aliphatic heterocycles. The number of nitrogens with zero attached hydrogens (tertiary/aromatic N) is 1. The van der Waals surface area contributed by atoms with E-state index in [1.54, 1.807) is 13.0 Å². The number of hydrogen-bond donors (Lipinski definition) is 1. The molecule has 0 spiro atoms. The fourth-order valence-electron chi connectivity index (χ4n) is 0.976. The highest BCUT2D eigenvalue weighted by Crippen LogP contribution is 2.24. The predicted molar refractivity (Wildman–Crippen MR) is 42.1 cm³/mol. The Kier molecular flexibility index (Phi) is 2.29. The van der Waals surface area contributed by atoms with E-state index in [0.717, 1.165) is 0 Å². The Labute approximate surface area is 69.9 Å². The van der Waals surface area contributed by atoms with Crippen LogP contribution in [0.2, 0.25) is 0 Å². The maximum absolute atomic E-state index is 12.9. The van der Waals surface area contributed by atoms with Crippen LogP contribution in [-0.2, 0) is 6.42 Å². The summed E-state index contributed by atoms with van der Waals surface area (Å²) in [6.07, 6.45) is -0.0979. The van der Waals surface area contributed by atoms with Gasteiger partial charge in [-0.2, -0.15) is 5.26 Å². The van der Waals surface area contributed by atoms with E-state index in [2.05, 4.69) is 0 Å². The SMILES string of the molecule is Cc1ccc(F)c(CC#N)c1O. The molecule has 1 aromatic carbocycles. The van der Waals surface area contributed by atoms with E-state index in [-0.39, 0.29) is 17.7 Å². The summed E-state index contributed by atoms with van der Waals surface area (Å²) in [5, 5.41) is 17.7. The number of aromatic hydroxyl groups is 1. The Morgan fingerprint density at radius 1 is 1.58 bits per heavy atom. The third-order valence-electron chi connectivity index (χ3n) is 1.68. The number of aryl methyl sites for hydroxylation is 1. The summed E-state index contributed by atoms with van der Waals surface area (Å²) in [6, 6.07) is 4.52. The van der Waals surface area contributed by atoms with E-state index >= 15 is 0 Å². The predicted octanol–water partition coefficient (Wildman–Crippen LogP) is 1.91. The van der Waals surface area contributed by atoms with Crippen molar-refractivity contribution in [2.24, 2.45) is 0 Å². The Hall–Kier alpha value is -1.56. The summed E-state index contributed by atoms with van der Waals surface area (Å²) in [4.78, 5) is 0. The summed E-state index contributed by atoms with van der Waals surface area (Å²) in [5.74, 6) is -0.642. The molecule has 62 valence electrons. The van der Waals surface area contributed by atoms with Gasteiger partial charge < -0.3 is 5.11 Å². The molecule has 0 saturated heterocycles. The summed E-state index contributed by atoms with van der Waals surface area (Å²) in [7, 11) is 0. The molecule has 3 heteroatoms. The van der Waals surface area contributed by atoms with E-state index in [4.69, 9.17) is 5.26 Å². The zero-order chi connectivity index (χ0) is 9.14. The molecule has 0 unspecified atom stereocenters. The van der Waals surface area contributed by atoms with Crippen LogP contribution < -0.4 is 0 Å². The smallest absolute Gasteiger partial charge is 0.131 e. The summed E-state index contributed by atoms with van der Waals surface area (Å²) in [5.41, 5.74) is 0.666. The van der Waals surface area contributed by atoms with Crippen molar-refractivity contribution in [3.63, 3.8) is 0 Å². The highest BCUT2D eigenvalue weighted by atomic mass is 19.1. The lowest BCUT2D eigenvalue weighted by Gasteiger charge is -2.04. The normalized spacial score (nSPS) is 9.42. The minimum Gasteiger partial charge on any atom is -0.507 e. The molecule has 0 aliphatic carbocycles. The second-order valence-corrected chi connectivity index (χ2v) is 2.53. The highest BCUT2D eigenvalue weighted by molar-refractivity contribution is 5.41. The number of hydrogen-bond acceptors (Lipinski definition) is 2. The fraction of sp³-hybridized carbons (Fsp3) is 0.222. The standard InChI is InChI=1S/C9H8FNO/c1-6-2-3-8(10)7(4-5-11)9(6)12/h2-3,12H,4H2,1H3. The molecule has 12 heavy (non-hydrogen) atoms. The van der Waals surface area contributed by atoms with Gasteiger partial charge in [0, 0.05) is 5.56 Å². The van der Waals surface area contributed by atoms with E-state index < -0.39 is 5.82 Å². The minimum absolute atomic E-state index is 0.0810. The van der Waals surface area contributed by atoms with E-state index in [9.17, 15) is 9.50 Å². The first-order valence-electron chi connectivity index (χ1n) is 3.50. The van der Waals surface area contributed by atoms with Crippen molar-refractivity contribution in [2.45, 2.75) is 13.3 Å². The van der Waals surface area contributed by atoms with Crippen LogP contribution in [0.25, 0.3) is 0 Å². The van der Waals surface area contributed by atoms with E-state index in [1.165, 1.54) is 12.1 Å². The average molecular weight is 165 g/mol. The molecular weight excluding hydrogens is 157 g/mol. The van der Waals surface area contributed by atoms with Crippen LogP contribution in [0.5, 0.6) is 5.75 Å². The number of benzene rings is 1. The zero-order valence-electron chi connectivity index (χ0n) is 6.63. The van der Waals surface area contributed by atoms with Gasteiger partial charge in [0.1, 0.15) is 11.6 Å². The first-order chi connectivity index (χ1) is 5.66. The van der Waals surface area contributed by atoms with Crippen molar-refractivity contribution in [1.29, 1.82) is 5.26 Å². The maximum Gasteiger partial charge on any atom is 0.131 e. The quantitative estimate of drug-likeness (QED) is 0.690. The van der Waals surface area contributed by atoms with Crippen LogP contribution in [0.4, 0.5) is 4.39 Å². The van der Waals surface area contributed by atoms with Gasteiger partial charge in [-0.15, -0.1) is 0 Å². The Balaban J connectivity index is 3.25.